The van der Waals surface area contributed by atoms with Crippen molar-refractivity contribution in [3.8, 4) is 0 Å². The average molecular weight is 392 g/mol. The lowest BCUT2D eigenvalue weighted by atomic mass is 10.2. The number of halogens is 2. The zero-order valence-corrected chi connectivity index (χ0v) is 15.8. The fourth-order valence-electron chi connectivity index (χ4n) is 2.05. The van der Waals surface area contributed by atoms with Crippen molar-refractivity contribution in [3.05, 3.63) is 69.7 Å². The standard InChI is InChI=1S/C20H19Cl2NO3/c1-2-3-12-26-20(25)15-6-8-16(9-7-15)23-19(24)11-5-14-4-10-17(21)18(22)13-14/h4-11,13H,2-3,12H2,1H3,(H,23,24)/b11-5+. The molecule has 0 atom stereocenters. The van der Waals surface area contributed by atoms with Gasteiger partial charge in [-0.15, -0.1) is 0 Å². The number of ether oxygens (including phenoxy) is 1. The maximum Gasteiger partial charge on any atom is 0.338 e. The van der Waals surface area contributed by atoms with E-state index >= 15 is 0 Å². The van der Waals surface area contributed by atoms with Crippen LogP contribution in [0.1, 0.15) is 35.7 Å². The number of carbonyl (C=O) groups excluding carboxylic acids is 2. The van der Waals surface area contributed by atoms with E-state index in [9.17, 15) is 9.59 Å². The second kappa shape index (κ2) is 10.00. The van der Waals surface area contributed by atoms with Crippen LogP contribution in [0.2, 0.25) is 10.0 Å². The number of nitrogens with one attached hydrogen (secondary N) is 1. The minimum atomic E-state index is -0.365. The third-order valence-corrected chi connectivity index (χ3v) is 4.23. The molecule has 2 aromatic rings. The smallest absolute Gasteiger partial charge is 0.338 e. The fraction of sp³-hybridized carbons (Fsp3) is 0.200. The summed E-state index contributed by atoms with van der Waals surface area (Å²) in [4.78, 5) is 23.8. The number of anilines is 1. The lowest BCUT2D eigenvalue weighted by Crippen LogP contribution is -2.09. The van der Waals surface area contributed by atoms with Crippen LogP contribution in [-0.2, 0) is 9.53 Å². The summed E-state index contributed by atoms with van der Waals surface area (Å²) in [6.07, 6.45) is 4.84. The van der Waals surface area contributed by atoms with E-state index in [1.165, 1.54) is 6.08 Å². The van der Waals surface area contributed by atoms with Gasteiger partial charge < -0.3 is 10.1 Å². The number of carbonyl (C=O) groups is 2. The molecular weight excluding hydrogens is 373 g/mol. The Kier molecular flexibility index (Phi) is 7.70. The highest BCUT2D eigenvalue weighted by molar-refractivity contribution is 6.42. The van der Waals surface area contributed by atoms with Crippen molar-refractivity contribution >= 4 is 46.8 Å². The molecule has 0 saturated heterocycles. The van der Waals surface area contributed by atoms with Crippen LogP contribution in [0.25, 0.3) is 6.08 Å². The molecule has 0 heterocycles. The lowest BCUT2D eigenvalue weighted by Gasteiger charge is -2.06. The second-order valence-corrected chi connectivity index (χ2v) is 6.38. The molecule has 2 rings (SSSR count). The summed E-state index contributed by atoms with van der Waals surface area (Å²) >= 11 is 11.8. The molecule has 0 aliphatic heterocycles. The van der Waals surface area contributed by atoms with Crippen molar-refractivity contribution in [1.29, 1.82) is 0 Å². The van der Waals surface area contributed by atoms with Gasteiger partial charge in [0.05, 0.1) is 22.2 Å². The van der Waals surface area contributed by atoms with Crippen molar-refractivity contribution < 1.29 is 14.3 Å². The van der Waals surface area contributed by atoms with E-state index in [1.54, 1.807) is 48.5 Å². The predicted octanol–water partition coefficient (Wildman–Crippen LogP) is 5.60. The Morgan fingerprint density at radius 3 is 2.46 bits per heavy atom. The molecule has 4 nitrogen and oxygen atoms in total. The Hall–Kier alpha value is -2.30. The summed E-state index contributed by atoms with van der Waals surface area (Å²) in [7, 11) is 0. The maximum atomic E-state index is 12.0. The third-order valence-electron chi connectivity index (χ3n) is 3.49. The molecule has 0 aliphatic carbocycles. The minimum Gasteiger partial charge on any atom is -0.462 e. The predicted molar refractivity (Wildman–Crippen MR) is 106 cm³/mol. The number of amides is 1. The van der Waals surface area contributed by atoms with Crippen molar-refractivity contribution in [2.24, 2.45) is 0 Å². The van der Waals surface area contributed by atoms with Gasteiger partial charge in [-0.25, -0.2) is 4.79 Å². The van der Waals surface area contributed by atoms with Crippen LogP contribution in [0.3, 0.4) is 0 Å². The van der Waals surface area contributed by atoms with Crippen molar-refractivity contribution in [2.75, 3.05) is 11.9 Å². The highest BCUT2D eigenvalue weighted by Gasteiger charge is 2.07. The molecule has 1 N–H and O–H groups in total. The van der Waals surface area contributed by atoms with Crippen LogP contribution in [0.4, 0.5) is 5.69 Å². The Morgan fingerprint density at radius 2 is 1.81 bits per heavy atom. The molecule has 0 unspecified atom stereocenters. The van der Waals surface area contributed by atoms with Crippen molar-refractivity contribution in [2.45, 2.75) is 19.8 Å². The summed E-state index contributed by atoms with van der Waals surface area (Å²) in [5, 5.41) is 3.61. The van der Waals surface area contributed by atoms with E-state index in [-0.39, 0.29) is 11.9 Å². The Labute approximate surface area is 162 Å². The third kappa shape index (κ3) is 6.21. The first-order valence-corrected chi connectivity index (χ1v) is 8.96. The van der Waals surface area contributed by atoms with Gasteiger partial charge in [0.2, 0.25) is 5.91 Å². The van der Waals surface area contributed by atoms with E-state index in [0.29, 0.717) is 27.9 Å². The molecule has 0 fully saturated rings. The normalized spacial score (nSPS) is 10.7. The van der Waals surface area contributed by atoms with Crippen LogP contribution in [-0.4, -0.2) is 18.5 Å². The SMILES string of the molecule is CCCCOC(=O)c1ccc(NC(=O)/C=C/c2ccc(Cl)c(Cl)c2)cc1. The quantitative estimate of drug-likeness (QED) is 0.379. The van der Waals surface area contributed by atoms with Crippen LogP contribution in [0.15, 0.2) is 48.5 Å². The molecule has 0 radical (unpaired) electrons. The Bertz CT molecular complexity index is 801. The molecule has 0 aliphatic rings. The number of benzene rings is 2. The summed E-state index contributed by atoms with van der Waals surface area (Å²) in [5.41, 5.74) is 1.80. The van der Waals surface area contributed by atoms with Gasteiger partial charge in [0.15, 0.2) is 0 Å². The number of unbranched alkanes of at least 4 members (excludes halogenated alkanes) is 1. The molecule has 0 saturated carbocycles. The molecule has 2 aromatic carbocycles. The van der Waals surface area contributed by atoms with Crippen LogP contribution in [0, 0.1) is 0 Å². The largest absolute Gasteiger partial charge is 0.462 e. The molecule has 136 valence electrons. The number of esters is 1. The van der Waals surface area contributed by atoms with Gasteiger partial charge in [0.1, 0.15) is 0 Å². The van der Waals surface area contributed by atoms with Gasteiger partial charge in [-0.2, -0.15) is 0 Å². The number of hydrogen-bond acceptors (Lipinski definition) is 3. The van der Waals surface area contributed by atoms with E-state index in [0.717, 1.165) is 18.4 Å². The van der Waals surface area contributed by atoms with Crippen LogP contribution in [0.5, 0.6) is 0 Å². The Morgan fingerprint density at radius 1 is 1.08 bits per heavy atom. The fourth-order valence-corrected chi connectivity index (χ4v) is 2.36. The van der Waals surface area contributed by atoms with Gasteiger partial charge in [-0.05, 0) is 54.5 Å². The molecule has 0 bridgehead atoms. The summed E-state index contributed by atoms with van der Waals surface area (Å²) in [6, 6.07) is 11.6. The molecule has 0 spiro atoms. The lowest BCUT2D eigenvalue weighted by molar-refractivity contribution is -0.111. The van der Waals surface area contributed by atoms with E-state index in [4.69, 9.17) is 27.9 Å². The van der Waals surface area contributed by atoms with Gasteiger partial charge >= 0.3 is 5.97 Å². The first-order valence-electron chi connectivity index (χ1n) is 8.21. The average Bonchev–Trinajstić information content (AvgIpc) is 2.63. The highest BCUT2D eigenvalue weighted by Crippen LogP contribution is 2.23. The highest BCUT2D eigenvalue weighted by atomic mass is 35.5. The van der Waals surface area contributed by atoms with Gasteiger partial charge in [0.25, 0.3) is 0 Å². The number of hydrogen-bond donors (Lipinski definition) is 1. The topological polar surface area (TPSA) is 55.4 Å². The molecule has 26 heavy (non-hydrogen) atoms. The van der Waals surface area contributed by atoms with E-state index in [1.807, 2.05) is 6.92 Å². The van der Waals surface area contributed by atoms with Crippen molar-refractivity contribution in [3.63, 3.8) is 0 Å². The second-order valence-electron chi connectivity index (χ2n) is 5.56. The minimum absolute atomic E-state index is 0.297. The first-order chi connectivity index (χ1) is 12.5. The summed E-state index contributed by atoms with van der Waals surface area (Å²) < 4.78 is 5.14. The summed E-state index contributed by atoms with van der Waals surface area (Å²) in [5.74, 6) is -0.662. The molecule has 0 aromatic heterocycles. The van der Waals surface area contributed by atoms with Gasteiger partial charge in [0, 0.05) is 11.8 Å². The maximum absolute atomic E-state index is 12.0. The molecular formula is C20H19Cl2NO3. The molecule has 6 heteroatoms. The molecule has 1 amide bonds. The Balaban J connectivity index is 1.91. The van der Waals surface area contributed by atoms with E-state index < -0.39 is 0 Å². The zero-order chi connectivity index (χ0) is 18.9. The van der Waals surface area contributed by atoms with Crippen LogP contribution >= 0.6 is 23.2 Å². The monoisotopic (exact) mass is 391 g/mol. The van der Waals surface area contributed by atoms with Gasteiger partial charge in [-0.3, -0.25) is 4.79 Å². The van der Waals surface area contributed by atoms with Crippen LogP contribution < -0.4 is 5.32 Å². The summed E-state index contributed by atoms with van der Waals surface area (Å²) in [6.45, 7) is 2.44. The number of rotatable bonds is 7. The van der Waals surface area contributed by atoms with Crippen molar-refractivity contribution in [1.82, 2.24) is 0 Å². The first kappa shape index (κ1) is 20.0. The van der Waals surface area contributed by atoms with E-state index in [2.05, 4.69) is 5.32 Å². The zero-order valence-electron chi connectivity index (χ0n) is 14.3. The van der Waals surface area contributed by atoms with Gasteiger partial charge in [-0.1, -0.05) is 42.6 Å².